The Bertz CT molecular complexity index is 1110. The summed E-state index contributed by atoms with van der Waals surface area (Å²) >= 11 is 7.85. The Morgan fingerprint density at radius 3 is 2.44 bits per heavy atom. The summed E-state index contributed by atoms with van der Waals surface area (Å²) in [5.74, 6) is 1.70. The molecule has 0 spiro atoms. The highest BCUT2D eigenvalue weighted by Crippen LogP contribution is 2.22. The van der Waals surface area contributed by atoms with Gasteiger partial charge in [0.15, 0.2) is 0 Å². The molecule has 0 amide bonds. The number of thioether (sulfide) groups is 1. The van der Waals surface area contributed by atoms with Crippen molar-refractivity contribution >= 4 is 35.8 Å². The summed E-state index contributed by atoms with van der Waals surface area (Å²) in [5.41, 5.74) is 3.03. The molecule has 0 atom stereocenters. The number of nitrogens with zero attached hydrogens (tertiary/aromatic N) is 4. The minimum absolute atomic E-state index is 0. The highest BCUT2D eigenvalue weighted by Gasteiger charge is 2.09. The second-order valence-electron chi connectivity index (χ2n) is 6.72. The summed E-state index contributed by atoms with van der Waals surface area (Å²) in [4.78, 5) is 0. The van der Waals surface area contributed by atoms with Crippen molar-refractivity contribution in [2.75, 3.05) is 12.3 Å². The van der Waals surface area contributed by atoms with E-state index < -0.39 is 0 Å². The van der Waals surface area contributed by atoms with Crippen molar-refractivity contribution < 1.29 is 4.74 Å². The van der Waals surface area contributed by atoms with Crippen LogP contribution in [0.3, 0.4) is 0 Å². The second kappa shape index (κ2) is 12.5. The number of ether oxygens (including phenoxy) is 1. The number of para-hydroxylation sites is 2. The number of rotatable bonds is 10. The van der Waals surface area contributed by atoms with E-state index in [4.69, 9.17) is 16.3 Å². The maximum atomic E-state index is 6.23. The van der Waals surface area contributed by atoms with E-state index >= 15 is 0 Å². The van der Waals surface area contributed by atoms with Crippen LogP contribution in [-0.4, -0.2) is 32.5 Å². The predicted octanol–water partition coefficient (Wildman–Crippen LogP) is 5.20. The molecule has 0 saturated carbocycles. The van der Waals surface area contributed by atoms with Crippen LogP contribution in [0.25, 0.3) is 5.69 Å². The maximum absolute atomic E-state index is 6.23. The summed E-state index contributed by atoms with van der Waals surface area (Å²) < 4.78 is 7.78. The highest BCUT2D eigenvalue weighted by molar-refractivity contribution is 7.99. The minimum Gasteiger partial charge on any atom is -0.489 e. The lowest BCUT2D eigenvalue weighted by Crippen LogP contribution is -2.17. The van der Waals surface area contributed by atoms with Crippen LogP contribution in [0.15, 0.2) is 84.0 Å². The van der Waals surface area contributed by atoms with Gasteiger partial charge in [-0.05, 0) is 34.7 Å². The average Bonchev–Trinajstić information content (AvgIpc) is 3.28. The van der Waals surface area contributed by atoms with Crippen molar-refractivity contribution in [3.05, 3.63) is 95.0 Å². The second-order valence-corrected chi connectivity index (χ2v) is 8.19. The zero-order chi connectivity index (χ0) is 21.3. The van der Waals surface area contributed by atoms with Crippen molar-refractivity contribution in [3.8, 4) is 11.4 Å². The largest absolute Gasteiger partial charge is 0.489 e. The first-order valence-corrected chi connectivity index (χ1v) is 11.3. The van der Waals surface area contributed by atoms with Crippen LogP contribution in [0.1, 0.15) is 11.1 Å². The molecule has 0 bridgehead atoms. The maximum Gasteiger partial charge on any atom is 0.214 e. The molecule has 0 saturated heterocycles. The van der Waals surface area contributed by atoms with E-state index in [1.54, 1.807) is 16.4 Å². The van der Waals surface area contributed by atoms with Crippen molar-refractivity contribution in [1.82, 2.24) is 25.5 Å². The molecule has 0 unspecified atom stereocenters. The van der Waals surface area contributed by atoms with Crippen LogP contribution in [0.2, 0.25) is 5.02 Å². The molecular weight excluding hydrogens is 465 g/mol. The third kappa shape index (κ3) is 6.46. The molecule has 9 heteroatoms. The van der Waals surface area contributed by atoms with E-state index in [2.05, 4.69) is 26.9 Å². The van der Waals surface area contributed by atoms with E-state index in [-0.39, 0.29) is 12.4 Å². The van der Waals surface area contributed by atoms with Gasteiger partial charge in [0.2, 0.25) is 5.16 Å². The lowest BCUT2D eigenvalue weighted by molar-refractivity contribution is 0.302. The number of benzene rings is 3. The molecule has 0 fully saturated rings. The predicted molar refractivity (Wildman–Crippen MR) is 131 cm³/mol. The van der Waals surface area contributed by atoms with Crippen LogP contribution in [0.5, 0.6) is 5.75 Å². The van der Waals surface area contributed by atoms with Crippen LogP contribution in [-0.2, 0) is 13.2 Å². The van der Waals surface area contributed by atoms with Crippen molar-refractivity contribution in [3.63, 3.8) is 0 Å². The van der Waals surface area contributed by atoms with Gasteiger partial charge in [0.25, 0.3) is 0 Å². The zero-order valence-electron chi connectivity index (χ0n) is 17.2. The average molecular weight is 488 g/mol. The van der Waals surface area contributed by atoms with Crippen LogP contribution >= 0.6 is 35.8 Å². The first-order valence-electron chi connectivity index (χ1n) is 9.92. The zero-order valence-corrected chi connectivity index (χ0v) is 19.6. The molecule has 3 aromatic carbocycles. The van der Waals surface area contributed by atoms with Crippen LogP contribution in [0, 0.1) is 0 Å². The van der Waals surface area contributed by atoms with Gasteiger partial charge in [0.1, 0.15) is 12.4 Å². The molecule has 0 aliphatic heterocycles. The van der Waals surface area contributed by atoms with Gasteiger partial charge in [0.05, 0.1) is 5.69 Å². The van der Waals surface area contributed by atoms with Crippen LogP contribution in [0.4, 0.5) is 0 Å². The molecule has 0 radical (unpaired) electrons. The van der Waals surface area contributed by atoms with Gasteiger partial charge in [-0.2, -0.15) is 4.68 Å². The van der Waals surface area contributed by atoms with Gasteiger partial charge in [-0.3, -0.25) is 0 Å². The normalized spacial score (nSPS) is 10.5. The fourth-order valence-electron chi connectivity index (χ4n) is 3.00. The van der Waals surface area contributed by atoms with E-state index in [0.29, 0.717) is 18.2 Å². The first-order chi connectivity index (χ1) is 15.3. The van der Waals surface area contributed by atoms with E-state index in [0.717, 1.165) is 40.0 Å². The Labute approximate surface area is 202 Å². The molecule has 4 rings (SSSR count). The molecular formula is C23H23Cl2N5OS. The Balaban J connectivity index is 0.00000289. The van der Waals surface area contributed by atoms with E-state index in [1.807, 2.05) is 72.8 Å². The third-order valence-corrected chi connectivity index (χ3v) is 5.87. The minimum atomic E-state index is 0. The molecule has 32 heavy (non-hydrogen) atoms. The number of aromatic nitrogens is 4. The molecule has 166 valence electrons. The lowest BCUT2D eigenvalue weighted by Gasteiger charge is -2.13. The fraction of sp³-hybridized carbons (Fsp3) is 0.174. The number of tetrazole rings is 1. The number of hydrogen-bond acceptors (Lipinski definition) is 6. The molecule has 1 aromatic heterocycles. The van der Waals surface area contributed by atoms with Gasteiger partial charge >= 0.3 is 0 Å². The SMILES string of the molecule is Cl.Clc1ccccc1COc1ccccc1CNCCSc1nnnn1-c1ccccc1. The molecule has 0 aliphatic rings. The fourth-order valence-corrected chi connectivity index (χ4v) is 3.98. The molecule has 6 nitrogen and oxygen atoms in total. The Morgan fingerprint density at radius 2 is 1.62 bits per heavy atom. The summed E-state index contributed by atoms with van der Waals surface area (Å²) in [6, 6.07) is 25.7. The van der Waals surface area contributed by atoms with Crippen LogP contribution < -0.4 is 10.1 Å². The Kier molecular flexibility index (Phi) is 9.37. The number of hydrogen-bond donors (Lipinski definition) is 1. The quantitative estimate of drug-likeness (QED) is 0.245. The number of halogens is 2. The van der Waals surface area contributed by atoms with Gasteiger partial charge < -0.3 is 10.1 Å². The molecule has 4 aromatic rings. The van der Waals surface area contributed by atoms with Gasteiger partial charge in [-0.15, -0.1) is 17.5 Å². The van der Waals surface area contributed by atoms with Crippen molar-refractivity contribution in [1.29, 1.82) is 0 Å². The summed E-state index contributed by atoms with van der Waals surface area (Å²) in [6.07, 6.45) is 0. The Hall–Kier alpha value is -2.58. The monoisotopic (exact) mass is 487 g/mol. The van der Waals surface area contributed by atoms with Crippen molar-refractivity contribution in [2.24, 2.45) is 0 Å². The smallest absolute Gasteiger partial charge is 0.214 e. The Morgan fingerprint density at radius 1 is 0.906 bits per heavy atom. The molecule has 1 heterocycles. The standard InChI is InChI=1S/C23H22ClN5OS.ClH/c24-21-12-6-4-9-19(21)17-30-22-13-7-5-8-18(22)16-25-14-15-31-23-26-27-28-29(23)20-10-2-1-3-11-20;/h1-13,25H,14-17H2;1H. The van der Waals surface area contributed by atoms with E-state index in [1.165, 1.54) is 0 Å². The number of nitrogens with one attached hydrogen (secondary N) is 1. The van der Waals surface area contributed by atoms with Gasteiger partial charge in [-0.1, -0.05) is 78.0 Å². The van der Waals surface area contributed by atoms with Gasteiger partial charge in [0, 0.05) is 35.0 Å². The third-order valence-electron chi connectivity index (χ3n) is 4.58. The van der Waals surface area contributed by atoms with Gasteiger partial charge in [-0.25, -0.2) is 0 Å². The topological polar surface area (TPSA) is 64.9 Å². The van der Waals surface area contributed by atoms with E-state index in [9.17, 15) is 0 Å². The first kappa shape index (κ1) is 24.1. The lowest BCUT2D eigenvalue weighted by atomic mass is 10.2. The summed E-state index contributed by atoms with van der Waals surface area (Å²) in [7, 11) is 0. The molecule has 1 N–H and O–H groups in total. The summed E-state index contributed by atoms with van der Waals surface area (Å²) in [6.45, 7) is 1.96. The summed E-state index contributed by atoms with van der Waals surface area (Å²) in [5, 5.41) is 17.0. The highest BCUT2D eigenvalue weighted by atomic mass is 35.5. The molecule has 0 aliphatic carbocycles. The van der Waals surface area contributed by atoms with Crippen molar-refractivity contribution in [2.45, 2.75) is 18.3 Å².